The number of rotatable bonds is 6. The number of amides is 2. The summed E-state index contributed by atoms with van der Waals surface area (Å²) in [6, 6.07) is 6.76. The van der Waals surface area contributed by atoms with Crippen LogP contribution in [0.1, 0.15) is 47.2 Å². The molecule has 1 saturated heterocycles. The molecular weight excluding hydrogens is 553 g/mol. The van der Waals surface area contributed by atoms with Crippen molar-refractivity contribution in [3.8, 4) is 17.3 Å². The first-order valence-electron chi connectivity index (χ1n) is 12.2. The van der Waals surface area contributed by atoms with Crippen molar-refractivity contribution in [2.75, 3.05) is 32.8 Å². The lowest BCUT2D eigenvalue weighted by Gasteiger charge is -2.34. The van der Waals surface area contributed by atoms with Gasteiger partial charge in [0.1, 0.15) is 18.0 Å². The Balaban J connectivity index is 1.76. The minimum Gasteiger partial charge on any atom is -0.439 e. The third-order valence-electron chi connectivity index (χ3n) is 6.82. The van der Waals surface area contributed by atoms with E-state index in [0.717, 1.165) is 0 Å². The Labute approximate surface area is 223 Å². The smallest absolute Gasteiger partial charge is 0.439 e. The third-order valence-corrected chi connectivity index (χ3v) is 6.82. The summed E-state index contributed by atoms with van der Waals surface area (Å²) in [7, 11) is 0. The van der Waals surface area contributed by atoms with Gasteiger partial charge in [-0.05, 0) is 18.6 Å². The maximum absolute atomic E-state index is 14.3. The second-order valence-corrected chi connectivity index (χ2v) is 9.47. The van der Waals surface area contributed by atoms with E-state index < -0.39 is 78.9 Å². The van der Waals surface area contributed by atoms with E-state index >= 15 is 0 Å². The summed E-state index contributed by atoms with van der Waals surface area (Å²) in [6.45, 7) is 0.821. The molecule has 2 aromatic rings. The molecule has 0 unspecified atom stereocenters. The summed E-state index contributed by atoms with van der Waals surface area (Å²) in [5, 5.41) is 10.9. The van der Waals surface area contributed by atoms with Crippen molar-refractivity contribution in [1.29, 1.82) is 5.26 Å². The molecule has 2 aliphatic rings. The van der Waals surface area contributed by atoms with Crippen molar-refractivity contribution in [3.63, 3.8) is 0 Å². The zero-order chi connectivity index (χ0) is 29.3. The number of hydrogen-bond donors (Lipinski definition) is 1. The number of nitriles is 1. The van der Waals surface area contributed by atoms with Crippen molar-refractivity contribution >= 4 is 11.8 Å². The Morgan fingerprint density at radius 1 is 1.12 bits per heavy atom. The lowest BCUT2D eigenvalue weighted by atomic mass is 9.74. The summed E-state index contributed by atoms with van der Waals surface area (Å²) in [6.07, 6.45) is -8.42. The van der Waals surface area contributed by atoms with Gasteiger partial charge in [0.05, 0.1) is 25.2 Å². The van der Waals surface area contributed by atoms with E-state index in [-0.39, 0.29) is 17.0 Å². The van der Waals surface area contributed by atoms with Gasteiger partial charge >= 0.3 is 12.1 Å². The summed E-state index contributed by atoms with van der Waals surface area (Å²) in [5.41, 5.74) is -0.338. The summed E-state index contributed by atoms with van der Waals surface area (Å²) in [4.78, 5) is 30.4. The van der Waals surface area contributed by atoms with Crippen molar-refractivity contribution in [1.82, 2.24) is 15.2 Å². The normalized spacial score (nSPS) is 21.5. The molecule has 15 heteroatoms. The Morgan fingerprint density at radius 3 is 2.38 bits per heavy atom. The van der Waals surface area contributed by atoms with Gasteiger partial charge in [-0.2, -0.15) is 27.2 Å². The lowest BCUT2D eigenvalue weighted by molar-refractivity contribution is -0.297. The number of carbonyl (C=O) groups is 2. The fraction of sp³-hybridized carbons (Fsp3) is 0.520. The van der Waals surface area contributed by atoms with Crippen molar-refractivity contribution in [2.24, 2.45) is 5.92 Å². The first kappa shape index (κ1) is 29.3. The second kappa shape index (κ2) is 11.1. The Kier molecular flexibility index (Phi) is 8.11. The van der Waals surface area contributed by atoms with Gasteiger partial charge in [-0.25, -0.2) is 13.8 Å². The predicted octanol–water partition coefficient (Wildman–Crippen LogP) is 4.63. The van der Waals surface area contributed by atoms with E-state index in [2.05, 4.69) is 10.3 Å². The maximum Gasteiger partial charge on any atom is 0.463 e. The van der Waals surface area contributed by atoms with Gasteiger partial charge in [0.25, 0.3) is 11.8 Å². The molecule has 2 heterocycles. The van der Waals surface area contributed by atoms with E-state index in [1.165, 1.54) is 29.2 Å². The maximum atomic E-state index is 14.3. The van der Waals surface area contributed by atoms with Crippen LogP contribution in [0.2, 0.25) is 0 Å². The quantitative estimate of drug-likeness (QED) is 0.397. The first-order valence-corrected chi connectivity index (χ1v) is 12.2. The SMILES string of the molecule is N#CCNC(=O)[C@@H]1CC(F)(F)CC[C@H]1c1oc(C(F)(F)C(F)(F)F)nc1-c1ccc(C(=O)N2CCOCC2)cc1. The molecule has 2 atom stereocenters. The van der Waals surface area contributed by atoms with Gasteiger partial charge in [0.2, 0.25) is 11.8 Å². The molecule has 1 N–H and O–H groups in total. The summed E-state index contributed by atoms with van der Waals surface area (Å²) < 4.78 is 107. The molecule has 1 aromatic carbocycles. The number of benzene rings is 1. The highest BCUT2D eigenvalue weighted by Crippen LogP contribution is 2.50. The van der Waals surface area contributed by atoms with Gasteiger partial charge in [-0.1, -0.05) is 12.1 Å². The van der Waals surface area contributed by atoms with Crippen LogP contribution in [0.4, 0.5) is 30.7 Å². The molecule has 0 radical (unpaired) electrons. The molecular formula is C25H23F7N4O4. The van der Waals surface area contributed by atoms with Crippen LogP contribution < -0.4 is 5.32 Å². The van der Waals surface area contributed by atoms with E-state index in [1.54, 1.807) is 6.07 Å². The Bertz CT molecular complexity index is 1280. The zero-order valence-electron chi connectivity index (χ0n) is 20.7. The lowest BCUT2D eigenvalue weighted by Crippen LogP contribution is -2.41. The molecule has 0 bridgehead atoms. The van der Waals surface area contributed by atoms with Gasteiger partial charge in [0.15, 0.2) is 0 Å². The Hall–Kier alpha value is -3.67. The van der Waals surface area contributed by atoms with E-state index in [4.69, 9.17) is 14.4 Å². The molecule has 8 nitrogen and oxygen atoms in total. The average Bonchev–Trinajstić information content (AvgIpc) is 3.37. The molecule has 2 amide bonds. The van der Waals surface area contributed by atoms with Crippen LogP contribution in [0.3, 0.4) is 0 Å². The number of morpholine rings is 1. The van der Waals surface area contributed by atoms with E-state index in [9.17, 15) is 40.3 Å². The van der Waals surface area contributed by atoms with Gasteiger partial charge in [-0.15, -0.1) is 0 Å². The van der Waals surface area contributed by atoms with Crippen LogP contribution in [-0.4, -0.2) is 66.6 Å². The largest absolute Gasteiger partial charge is 0.463 e. The number of nitrogens with one attached hydrogen (secondary N) is 1. The second-order valence-electron chi connectivity index (χ2n) is 9.47. The number of hydrogen-bond acceptors (Lipinski definition) is 6. The number of nitrogens with zero attached hydrogens (tertiary/aromatic N) is 3. The fourth-order valence-electron chi connectivity index (χ4n) is 4.75. The monoisotopic (exact) mass is 576 g/mol. The van der Waals surface area contributed by atoms with Crippen LogP contribution in [0.5, 0.6) is 0 Å². The van der Waals surface area contributed by atoms with E-state index in [1.807, 2.05) is 0 Å². The Morgan fingerprint density at radius 2 is 1.77 bits per heavy atom. The van der Waals surface area contributed by atoms with Gasteiger partial charge < -0.3 is 19.4 Å². The minimum atomic E-state index is -6.08. The molecule has 1 aliphatic carbocycles. The molecule has 40 heavy (non-hydrogen) atoms. The number of ether oxygens (including phenoxy) is 1. The number of halogens is 7. The zero-order valence-corrected chi connectivity index (χ0v) is 20.7. The summed E-state index contributed by atoms with van der Waals surface area (Å²) in [5.74, 6) is -15.8. The minimum absolute atomic E-state index is 0.0324. The molecule has 216 valence electrons. The number of carbonyl (C=O) groups excluding carboxylic acids is 2. The highest BCUT2D eigenvalue weighted by atomic mass is 19.4. The molecule has 1 aromatic heterocycles. The summed E-state index contributed by atoms with van der Waals surface area (Å²) >= 11 is 0. The van der Waals surface area contributed by atoms with Crippen LogP contribution in [0.25, 0.3) is 11.3 Å². The predicted molar refractivity (Wildman–Crippen MR) is 122 cm³/mol. The van der Waals surface area contributed by atoms with Crippen molar-refractivity contribution in [2.45, 2.75) is 43.2 Å². The molecule has 0 spiro atoms. The van der Waals surface area contributed by atoms with E-state index in [0.29, 0.717) is 26.3 Å². The highest BCUT2D eigenvalue weighted by molar-refractivity contribution is 5.94. The molecule has 1 saturated carbocycles. The fourth-order valence-corrected chi connectivity index (χ4v) is 4.75. The topological polar surface area (TPSA) is 108 Å². The van der Waals surface area contributed by atoms with Gasteiger partial charge in [0, 0.05) is 43.0 Å². The van der Waals surface area contributed by atoms with Crippen molar-refractivity contribution < 1.29 is 49.5 Å². The highest BCUT2D eigenvalue weighted by Gasteiger charge is 2.63. The van der Waals surface area contributed by atoms with Gasteiger partial charge in [-0.3, -0.25) is 9.59 Å². The van der Waals surface area contributed by atoms with Crippen LogP contribution in [-0.2, 0) is 15.5 Å². The third kappa shape index (κ3) is 5.91. The molecule has 1 aliphatic heterocycles. The van der Waals surface area contributed by atoms with Crippen molar-refractivity contribution in [3.05, 3.63) is 41.5 Å². The molecule has 2 fully saturated rings. The average molecular weight is 576 g/mol. The number of alkyl halides is 7. The first-order chi connectivity index (χ1) is 18.7. The van der Waals surface area contributed by atoms with Crippen LogP contribution in [0.15, 0.2) is 28.7 Å². The number of oxazole rings is 1. The standard InChI is InChI=1S/C25H23F7N4O4/c26-23(27)6-5-16(17(13-23)20(37)34-8-7-33)19-18(35-22(40-19)24(28,29)25(30,31)32)14-1-3-15(4-2-14)21(38)36-9-11-39-12-10-36/h1-4,16-17H,5-6,8-13H2,(H,34,37)/t16-,17-/m1/s1. The molecule has 4 rings (SSSR count). The number of aromatic nitrogens is 1. The van der Waals surface area contributed by atoms with Crippen LogP contribution in [0, 0.1) is 17.2 Å². The van der Waals surface area contributed by atoms with Crippen LogP contribution >= 0.6 is 0 Å².